The third kappa shape index (κ3) is 3.76. The van der Waals surface area contributed by atoms with Crippen LogP contribution in [0, 0.1) is 0 Å². The third-order valence-corrected chi connectivity index (χ3v) is 5.50. The van der Waals surface area contributed by atoms with Gasteiger partial charge in [0.1, 0.15) is 23.9 Å². The number of para-hydroxylation sites is 2. The number of anilines is 1. The molecule has 2 aliphatic heterocycles. The topological polar surface area (TPSA) is 56.8 Å². The average Bonchev–Trinajstić information content (AvgIpc) is 3.30. The maximum Gasteiger partial charge on any atom is 0.236 e. The summed E-state index contributed by atoms with van der Waals surface area (Å²) < 4.78 is 17.5. The van der Waals surface area contributed by atoms with Gasteiger partial charge in [-0.15, -0.1) is 0 Å². The van der Waals surface area contributed by atoms with Gasteiger partial charge in [-0.05, 0) is 37.1 Å². The number of amides is 1. The second kappa shape index (κ2) is 8.20. The number of ether oxygens (including phenoxy) is 3. The maximum atomic E-state index is 13.3. The van der Waals surface area contributed by atoms with Gasteiger partial charge in [-0.2, -0.15) is 0 Å². The number of hydrogen-bond acceptors (Lipinski definition) is 4. The van der Waals surface area contributed by atoms with E-state index < -0.39 is 5.92 Å². The summed E-state index contributed by atoms with van der Waals surface area (Å²) in [5, 5.41) is 3.06. The first-order valence-corrected chi connectivity index (χ1v) is 10.3. The van der Waals surface area contributed by atoms with Crippen LogP contribution >= 0.6 is 0 Å². The van der Waals surface area contributed by atoms with Crippen LogP contribution in [-0.2, 0) is 9.53 Å². The van der Waals surface area contributed by atoms with Crippen molar-refractivity contribution >= 4 is 11.6 Å². The predicted molar refractivity (Wildman–Crippen MR) is 114 cm³/mol. The van der Waals surface area contributed by atoms with Crippen LogP contribution in [0.15, 0.2) is 72.8 Å². The molecule has 1 amide bonds. The molecule has 1 saturated heterocycles. The minimum atomic E-state index is -0.442. The van der Waals surface area contributed by atoms with Crippen molar-refractivity contribution in [2.75, 3.05) is 18.5 Å². The van der Waals surface area contributed by atoms with Crippen LogP contribution in [0.1, 0.15) is 29.9 Å². The summed E-state index contributed by atoms with van der Waals surface area (Å²) in [5.41, 5.74) is 2.42. The minimum absolute atomic E-state index is 0.102. The van der Waals surface area contributed by atoms with E-state index in [2.05, 4.69) is 5.32 Å². The summed E-state index contributed by atoms with van der Waals surface area (Å²) in [6.45, 7) is 1.33. The van der Waals surface area contributed by atoms with E-state index in [4.69, 9.17) is 14.2 Å². The molecule has 0 aliphatic carbocycles. The summed E-state index contributed by atoms with van der Waals surface area (Å²) in [4.78, 5) is 13.3. The van der Waals surface area contributed by atoms with Gasteiger partial charge >= 0.3 is 0 Å². The lowest BCUT2D eigenvalue weighted by atomic mass is 9.87. The molecule has 5 nitrogen and oxygen atoms in total. The monoisotopic (exact) mass is 401 g/mol. The largest absolute Gasteiger partial charge is 0.491 e. The quantitative estimate of drug-likeness (QED) is 0.645. The van der Waals surface area contributed by atoms with Gasteiger partial charge < -0.3 is 19.5 Å². The van der Waals surface area contributed by atoms with E-state index in [1.165, 1.54) is 0 Å². The molecular formula is C25H23NO4. The molecule has 2 aliphatic rings. The van der Waals surface area contributed by atoms with E-state index in [9.17, 15) is 4.79 Å². The van der Waals surface area contributed by atoms with E-state index in [0.717, 1.165) is 36.3 Å². The van der Waals surface area contributed by atoms with E-state index >= 15 is 0 Å². The van der Waals surface area contributed by atoms with Gasteiger partial charge in [0.05, 0.1) is 12.0 Å². The Balaban J connectivity index is 1.36. The molecule has 1 fully saturated rings. The molecular weight excluding hydrogens is 378 g/mol. The zero-order chi connectivity index (χ0) is 20.3. The molecule has 0 saturated carbocycles. The molecule has 0 bridgehead atoms. The number of nitrogens with one attached hydrogen (secondary N) is 1. The number of fused-ring (bicyclic) bond motifs is 2. The highest BCUT2D eigenvalue weighted by Gasteiger charge is 2.32. The van der Waals surface area contributed by atoms with Crippen molar-refractivity contribution in [3.8, 4) is 17.2 Å². The van der Waals surface area contributed by atoms with Crippen molar-refractivity contribution in [1.29, 1.82) is 0 Å². The molecule has 5 rings (SSSR count). The Kier molecular flexibility index (Phi) is 5.11. The zero-order valence-electron chi connectivity index (χ0n) is 16.5. The number of carbonyl (C=O) groups is 1. The lowest BCUT2D eigenvalue weighted by Gasteiger charge is -2.27. The Hall–Kier alpha value is -3.31. The fourth-order valence-electron chi connectivity index (χ4n) is 4.04. The first kappa shape index (κ1) is 18.7. The molecule has 3 aromatic carbocycles. The molecule has 2 heterocycles. The summed E-state index contributed by atoms with van der Waals surface area (Å²) in [6, 6.07) is 22.8. The molecule has 0 radical (unpaired) electrons. The van der Waals surface area contributed by atoms with Crippen LogP contribution in [0.25, 0.3) is 0 Å². The van der Waals surface area contributed by atoms with Crippen LogP contribution in [0.4, 0.5) is 5.69 Å². The normalized spacial score (nSPS) is 17.5. The number of benzene rings is 3. The molecule has 152 valence electrons. The van der Waals surface area contributed by atoms with Gasteiger partial charge in [0.2, 0.25) is 5.91 Å². The van der Waals surface area contributed by atoms with Crippen molar-refractivity contribution in [2.24, 2.45) is 0 Å². The minimum Gasteiger partial charge on any atom is -0.491 e. The van der Waals surface area contributed by atoms with Crippen molar-refractivity contribution in [1.82, 2.24) is 0 Å². The van der Waals surface area contributed by atoms with Gasteiger partial charge in [-0.3, -0.25) is 4.79 Å². The summed E-state index contributed by atoms with van der Waals surface area (Å²) in [7, 11) is 0. The van der Waals surface area contributed by atoms with Crippen LogP contribution in [0.3, 0.4) is 0 Å². The standard InChI is InChI=1S/C25H23NO4/c27-25(26-17-7-5-8-18(15-17)29-16-19-9-6-14-28-19)24-20-10-1-3-12-22(20)30-23-13-4-2-11-21(23)24/h1-5,7-8,10-13,15,19,24H,6,9,14,16H2,(H,26,27)/t19-/m0/s1. The van der Waals surface area contributed by atoms with E-state index in [-0.39, 0.29) is 12.0 Å². The summed E-state index contributed by atoms with van der Waals surface area (Å²) in [5.74, 6) is 1.60. The van der Waals surface area contributed by atoms with Gasteiger partial charge in [0.15, 0.2) is 0 Å². The Labute approximate surface area is 175 Å². The molecule has 1 N–H and O–H groups in total. The second-order valence-electron chi connectivity index (χ2n) is 7.57. The Morgan fingerprint density at radius 1 is 0.967 bits per heavy atom. The van der Waals surface area contributed by atoms with Gasteiger partial charge in [-0.25, -0.2) is 0 Å². The van der Waals surface area contributed by atoms with Crippen molar-refractivity contribution in [2.45, 2.75) is 24.9 Å². The average molecular weight is 401 g/mol. The molecule has 1 atom stereocenters. The Morgan fingerprint density at radius 2 is 1.70 bits per heavy atom. The van der Waals surface area contributed by atoms with Crippen LogP contribution in [0.5, 0.6) is 17.2 Å². The third-order valence-electron chi connectivity index (χ3n) is 5.50. The highest BCUT2D eigenvalue weighted by atomic mass is 16.5. The fraction of sp³-hybridized carbons (Fsp3) is 0.240. The van der Waals surface area contributed by atoms with Crippen molar-refractivity contribution in [3.63, 3.8) is 0 Å². The van der Waals surface area contributed by atoms with Gasteiger partial charge in [-0.1, -0.05) is 42.5 Å². The fourth-order valence-corrected chi connectivity index (χ4v) is 4.04. The SMILES string of the molecule is O=C(Nc1cccc(OC[C@@H]2CCCO2)c1)C1c2ccccc2Oc2ccccc21. The van der Waals surface area contributed by atoms with Crippen LogP contribution in [0.2, 0.25) is 0 Å². The lowest BCUT2D eigenvalue weighted by Crippen LogP contribution is -2.25. The predicted octanol–water partition coefficient (Wildman–Crippen LogP) is 5.12. The van der Waals surface area contributed by atoms with Crippen molar-refractivity contribution < 1.29 is 19.0 Å². The zero-order valence-corrected chi connectivity index (χ0v) is 16.5. The molecule has 0 spiro atoms. The highest BCUT2D eigenvalue weighted by Crippen LogP contribution is 2.44. The summed E-state index contributed by atoms with van der Waals surface area (Å²) >= 11 is 0. The summed E-state index contributed by atoms with van der Waals surface area (Å²) in [6.07, 6.45) is 2.26. The van der Waals surface area contributed by atoms with E-state index in [0.29, 0.717) is 23.8 Å². The second-order valence-corrected chi connectivity index (χ2v) is 7.57. The smallest absolute Gasteiger partial charge is 0.236 e. The van der Waals surface area contributed by atoms with Gasteiger partial charge in [0, 0.05) is 29.5 Å². The first-order valence-electron chi connectivity index (χ1n) is 10.3. The molecule has 5 heteroatoms. The highest BCUT2D eigenvalue weighted by molar-refractivity contribution is 5.99. The van der Waals surface area contributed by atoms with E-state index in [1.54, 1.807) is 0 Å². The Bertz CT molecular complexity index is 1010. The lowest BCUT2D eigenvalue weighted by molar-refractivity contribution is -0.116. The van der Waals surface area contributed by atoms with Gasteiger partial charge in [0.25, 0.3) is 0 Å². The molecule has 0 unspecified atom stereocenters. The molecule has 0 aromatic heterocycles. The maximum absolute atomic E-state index is 13.3. The number of carbonyl (C=O) groups excluding carboxylic acids is 1. The molecule has 3 aromatic rings. The van der Waals surface area contributed by atoms with Crippen molar-refractivity contribution in [3.05, 3.63) is 83.9 Å². The number of hydrogen-bond donors (Lipinski definition) is 1. The van der Waals surface area contributed by atoms with Crippen LogP contribution in [-0.4, -0.2) is 25.2 Å². The van der Waals surface area contributed by atoms with E-state index in [1.807, 2.05) is 72.8 Å². The number of rotatable bonds is 5. The first-order chi connectivity index (χ1) is 14.8. The van der Waals surface area contributed by atoms with Crippen LogP contribution < -0.4 is 14.8 Å². The molecule has 30 heavy (non-hydrogen) atoms. The Morgan fingerprint density at radius 3 is 2.40 bits per heavy atom.